The summed E-state index contributed by atoms with van der Waals surface area (Å²) in [5, 5.41) is 8.74. The number of amides is 1. The molecule has 1 aromatic carbocycles. The van der Waals surface area contributed by atoms with Crippen molar-refractivity contribution in [2.75, 3.05) is 13.3 Å². The normalized spacial score (nSPS) is 12.2. The SMILES string of the molecule is CCC(=O)N(CCC(=O)O)Cc1ccc2c(c1)OCO2. The highest BCUT2D eigenvalue weighted by Crippen LogP contribution is 2.32. The van der Waals surface area contributed by atoms with Gasteiger partial charge in [-0.1, -0.05) is 13.0 Å². The summed E-state index contributed by atoms with van der Waals surface area (Å²) in [6, 6.07) is 5.47. The van der Waals surface area contributed by atoms with Crippen molar-refractivity contribution in [1.82, 2.24) is 4.90 Å². The van der Waals surface area contributed by atoms with Crippen molar-refractivity contribution >= 4 is 11.9 Å². The molecule has 1 aromatic rings. The van der Waals surface area contributed by atoms with E-state index in [4.69, 9.17) is 14.6 Å². The molecular formula is C14H17NO5. The molecule has 20 heavy (non-hydrogen) atoms. The largest absolute Gasteiger partial charge is 0.481 e. The van der Waals surface area contributed by atoms with Gasteiger partial charge in [0.2, 0.25) is 12.7 Å². The summed E-state index contributed by atoms with van der Waals surface area (Å²) < 4.78 is 10.5. The summed E-state index contributed by atoms with van der Waals surface area (Å²) in [6.07, 6.45) is 0.292. The van der Waals surface area contributed by atoms with Crippen LogP contribution >= 0.6 is 0 Å². The summed E-state index contributed by atoms with van der Waals surface area (Å²) in [4.78, 5) is 24.0. The summed E-state index contributed by atoms with van der Waals surface area (Å²) in [5.74, 6) is 0.366. The number of ether oxygens (including phenoxy) is 2. The highest BCUT2D eigenvalue weighted by Gasteiger charge is 2.17. The van der Waals surface area contributed by atoms with Crippen LogP contribution in [0.1, 0.15) is 25.3 Å². The Labute approximate surface area is 116 Å². The van der Waals surface area contributed by atoms with Crippen LogP contribution in [0.4, 0.5) is 0 Å². The monoisotopic (exact) mass is 279 g/mol. The van der Waals surface area contributed by atoms with E-state index in [-0.39, 0.29) is 25.7 Å². The third kappa shape index (κ3) is 3.40. The highest BCUT2D eigenvalue weighted by molar-refractivity contribution is 5.76. The Balaban J connectivity index is 2.06. The number of carboxylic acid groups (broad SMARTS) is 1. The van der Waals surface area contributed by atoms with Crippen molar-refractivity contribution in [1.29, 1.82) is 0 Å². The predicted molar refractivity (Wildman–Crippen MR) is 70.5 cm³/mol. The van der Waals surface area contributed by atoms with Gasteiger partial charge in [-0.05, 0) is 17.7 Å². The van der Waals surface area contributed by atoms with Crippen LogP contribution in [0, 0.1) is 0 Å². The summed E-state index contributed by atoms with van der Waals surface area (Å²) in [7, 11) is 0. The van der Waals surface area contributed by atoms with Gasteiger partial charge in [0, 0.05) is 19.5 Å². The van der Waals surface area contributed by atoms with Crippen LogP contribution in [0.3, 0.4) is 0 Å². The van der Waals surface area contributed by atoms with Crippen molar-refractivity contribution in [2.45, 2.75) is 26.3 Å². The maximum Gasteiger partial charge on any atom is 0.305 e. The number of benzene rings is 1. The predicted octanol–water partition coefficient (Wildman–Crippen LogP) is 1.63. The van der Waals surface area contributed by atoms with Gasteiger partial charge in [-0.2, -0.15) is 0 Å². The number of nitrogens with zero attached hydrogens (tertiary/aromatic N) is 1. The topological polar surface area (TPSA) is 76.1 Å². The Hall–Kier alpha value is -2.24. The van der Waals surface area contributed by atoms with Gasteiger partial charge in [0.1, 0.15) is 0 Å². The Kier molecular flexibility index (Phi) is 4.45. The van der Waals surface area contributed by atoms with Crippen LogP contribution in [0.15, 0.2) is 18.2 Å². The minimum Gasteiger partial charge on any atom is -0.481 e. The molecule has 0 aliphatic carbocycles. The van der Waals surface area contributed by atoms with E-state index in [0.29, 0.717) is 24.5 Å². The number of carbonyl (C=O) groups excluding carboxylic acids is 1. The second kappa shape index (κ2) is 6.27. The van der Waals surface area contributed by atoms with Crippen molar-refractivity contribution in [3.63, 3.8) is 0 Å². The lowest BCUT2D eigenvalue weighted by atomic mass is 10.1. The van der Waals surface area contributed by atoms with Gasteiger partial charge in [0.15, 0.2) is 11.5 Å². The molecule has 108 valence electrons. The Morgan fingerprint density at radius 2 is 2.05 bits per heavy atom. The number of fused-ring (bicyclic) bond motifs is 1. The maximum atomic E-state index is 11.8. The van der Waals surface area contributed by atoms with E-state index in [1.165, 1.54) is 0 Å². The van der Waals surface area contributed by atoms with Crippen LogP contribution in [0.2, 0.25) is 0 Å². The third-order valence-corrected chi connectivity index (χ3v) is 3.06. The molecule has 0 saturated carbocycles. The molecule has 1 aliphatic heterocycles. The van der Waals surface area contributed by atoms with Gasteiger partial charge in [0.25, 0.3) is 0 Å². The van der Waals surface area contributed by atoms with Crippen LogP contribution in [-0.2, 0) is 16.1 Å². The maximum absolute atomic E-state index is 11.8. The first-order valence-electron chi connectivity index (χ1n) is 6.48. The van der Waals surface area contributed by atoms with Gasteiger partial charge in [-0.3, -0.25) is 9.59 Å². The average molecular weight is 279 g/mol. The number of hydrogen-bond acceptors (Lipinski definition) is 4. The van der Waals surface area contributed by atoms with Gasteiger partial charge in [-0.15, -0.1) is 0 Å². The second-order valence-corrected chi connectivity index (χ2v) is 4.50. The van der Waals surface area contributed by atoms with Crippen molar-refractivity contribution in [3.05, 3.63) is 23.8 Å². The summed E-state index contributed by atoms with van der Waals surface area (Å²) in [5.41, 5.74) is 0.890. The van der Waals surface area contributed by atoms with Gasteiger partial charge < -0.3 is 19.5 Å². The molecule has 2 rings (SSSR count). The molecule has 0 fully saturated rings. The molecule has 0 saturated heterocycles. The van der Waals surface area contributed by atoms with E-state index >= 15 is 0 Å². The molecule has 0 radical (unpaired) electrons. The first-order chi connectivity index (χ1) is 9.60. The zero-order valence-corrected chi connectivity index (χ0v) is 11.3. The fraction of sp³-hybridized carbons (Fsp3) is 0.429. The number of aliphatic carboxylic acids is 1. The molecule has 0 bridgehead atoms. The van der Waals surface area contributed by atoms with E-state index in [1.54, 1.807) is 17.9 Å². The van der Waals surface area contributed by atoms with E-state index in [1.807, 2.05) is 12.1 Å². The zero-order chi connectivity index (χ0) is 14.5. The zero-order valence-electron chi connectivity index (χ0n) is 11.3. The Morgan fingerprint density at radius 1 is 1.30 bits per heavy atom. The Morgan fingerprint density at radius 3 is 2.75 bits per heavy atom. The second-order valence-electron chi connectivity index (χ2n) is 4.50. The number of carboxylic acids is 1. The van der Waals surface area contributed by atoms with Gasteiger partial charge in [0.05, 0.1) is 6.42 Å². The van der Waals surface area contributed by atoms with E-state index < -0.39 is 5.97 Å². The molecular weight excluding hydrogens is 262 g/mol. The average Bonchev–Trinajstić information content (AvgIpc) is 2.89. The molecule has 6 nitrogen and oxygen atoms in total. The van der Waals surface area contributed by atoms with Crippen molar-refractivity contribution in [2.24, 2.45) is 0 Å². The minimum atomic E-state index is -0.912. The number of carbonyl (C=O) groups is 2. The quantitative estimate of drug-likeness (QED) is 0.856. The molecule has 0 unspecified atom stereocenters. The smallest absolute Gasteiger partial charge is 0.305 e. The molecule has 0 aromatic heterocycles. The lowest BCUT2D eigenvalue weighted by Crippen LogP contribution is -2.31. The van der Waals surface area contributed by atoms with Crippen LogP contribution in [0.25, 0.3) is 0 Å². The molecule has 1 heterocycles. The fourth-order valence-electron chi connectivity index (χ4n) is 2.01. The standard InChI is InChI=1S/C14H17NO5/c1-2-13(16)15(6-5-14(17)18)8-10-3-4-11-12(7-10)20-9-19-11/h3-4,7H,2,5-6,8-9H2,1H3,(H,17,18). The van der Waals surface area contributed by atoms with E-state index in [2.05, 4.69) is 0 Å². The molecule has 1 aliphatic rings. The fourth-order valence-corrected chi connectivity index (χ4v) is 2.01. The molecule has 1 amide bonds. The highest BCUT2D eigenvalue weighted by atomic mass is 16.7. The van der Waals surface area contributed by atoms with Gasteiger partial charge >= 0.3 is 5.97 Å². The third-order valence-electron chi connectivity index (χ3n) is 3.06. The van der Waals surface area contributed by atoms with Crippen LogP contribution in [0.5, 0.6) is 11.5 Å². The number of hydrogen-bond donors (Lipinski definition) is 1. The molecule has 1 N–H and O–H groups in total. The van der Waals surface area contributed by atoms with Crippen molar-refractivity contribution in [3.8, 4) is 11.5 Å². The molecule has 0 atom stereocenters. The minimum absolute atomic E-state index is 0.0592. The van der Waals surface area contributed by atoms with Crippen LogP contribution in [-0.4, -0.2) is 35.2 Å². The first-order valence-corrected chi connectivity index (χ1v) is 6.48. The lowest BCUT2D eigenvalue weighted by molar-refractivity contribution is -0.138. The summed E-state index contributed by atoms with van der Waals surface area (Å²) >= 11 is 0. The van der Waals surface area contributed by atoms with Crippen molar-refractivity contribution < 1.29 is 24.2 Å². The lowest BCUT2D eigenvalue weighted by Gasteiger charge is -2.21. The van der Waals surface area contributed by atoms with E-state index in [9.17, 15) is 9.59 Å². The first kappa shape index (κ1) is 14.2. The van der Waals surface area contributed by atoms with Gasteiger partial charge in [-0.25, -0.2) is 0 Å². The van der Waals surface area contributed by atoms with Crippen LogP contribution < -0.4 is 9.47 Å². The Bertz CT molecular complexity index is 514. The van der Waals surface area contributed by atoms with E-state index in [0.717, 1.165) is 5.56 Å². The molecule has 0 spiro atoms. The summed E-state index contributed by atoms with van der Waals surface area (Å²) in [6.45, 7) is 2.54. The molecule has 6 heteroatoms. The number of rotatable bonds is 6.